The fourth-order valence-corrected chi connectivity index (χ4v) is 6.24. The van der Waals surface area contributed by atoms with Crippen LogP contribution in [0.15, 0.2) is 30.5 Å². The van der Waals surface area contributed by atoms with Crippen LogP contribution >= 0.6 is 0 Å². The fourth-order valence-electron chi connectivity index (χ4n) is 6.24. The van der Waals surface area contributed by atoms with Crippen molar-refractivity contribution >= 4 is 40.5 Å². The second kappa shape index (κ2) is 13.6. The zero-order valence-corrected chi connectivity index (χ0v) is 28.5. The maximum absolute atomic E-state index is 14.6. The molecule has 1 saturated heterocycles. The first kappa shape index (κ1) is 34.3. The van der Waals surface area contributed by atoms with E-state index < -0.39 is 22.5 Å². The molecular formula is C34H41FN8O5. The third kappa shape index (κ3) is 6.96. The second-order valence-electron chi connectivity index (χ2n) is 13.1. The molecule has 14 heteroatoms. The van der Waals surface area contributed by atoms with Crippen LogP contribution in [0.5, 0.6) is 5.75 Å². The van der Waals surface area contributed by atoms with Gasteiger partial charge in [0, 0.05) is 55.8 Å². The molecule has 1 N–H and O–H groups in total. The molecule has 2 aliphatic heterocycles. The summed E-state index contributed by atoms with van der Waals surface area (Å²) in [6.07, 6.45) is 0.135. The number of esters is 1. The van der Waals surface area contributed by atoms with Crippen molar-refractivity contribution in [3.63, 3.8) is 0 Å². The number of aromatic nitrogens is 3. The number of methoxy groups -OCH3 is 1. The molecular weight excluding hydrogens is 619 g/mol. The standard InChI is InChI=1S/C34H41FN8O5/c1-9-10-22-11-12-26-30(37-22)34(4,5)19-42(26)31-24(32(44)48-20(2)3)16-36-33(39-31)38-25-14-28(43(45)46)27(15-29(25)47-8)41-17-21(35)13-23(41)18-40(6)7/h11-12,14-16,20-21,23H,13,17-19H2,1-8H3,(H,36,38,39)/t21-,23+/m0/s1. The molecule has 4 heterocycles. The number of benzene rings is 1. The zero-order chi connectivity index (χ0) is 34.9. The number of nitro groups is 1. The molecule has 0 saturated carbocycles. The molecule has 0 unspecified atom stereocenters. The van der Waals surface area contributed by atoms with Gasteiger partial charge in [-0.25, -0.2) is 19.2 Å². The summed E-state index contributed by atoms with van der Waals surface area (Å²) in [5.74, 6) is 5.91. The first-order valence-corrected chi connectivity index (χ1v) is 15.7. The van der Waals surface area contributed by atoms with Gasteiger partial charge in [-0.05, 0) is 52.9 Å². The number of hydrogen-bond acceptors (Lipinski definition) is 12. The molecule has 3 aromatic rings. The van der Waals surface area contributed by atoms with Gasteiger partial charge in [0.25, 0.3) is 5.69 Å². The van der Waals surface area contributed by atoms with E-state index in [2.05, 4.69) is 36.0 Å². The molecule has 13 nitrogen and oxygen atoms in total. The summed E-state index contributed by atoms with van der Waals surface area (Å²) in [5.41, 5.74) is 2.18. The van der Waals surface area contributed by atoms with Gasteiger partial charge in [0.05, 0.1) is 35.2 Å². The summed E-state index contributed by atoms with van der Waals surface area (Å²) in [7, 11) is 5.20. The Morgan fingerprint density at radius 2 is 2.00 bits per heavy atom. The Morgan fingerprint density at radius 3 is 2.65 bits per heavy atom. The van der Waals surface area contributed by atoms with Crippen molar-refractivity contribution in [2.45, 2.75) is 64.8 Å². The van der Waals surface area contributed by atoms with Crippen molar-refractivity contribution in [1.82, 2.24) is 19.9 Å². The number of halogens is 1. The van der Waals surface area contributed by atoms with Gasteiger partial charge >= 0.3 is 5.97 Å². The highest BCUT2D eigenvalue weighted by atomic mass is 19.1. The first-order chi connectivity index (χ1) is 22.7. The summed E-state index contributed by atoms with van der Waals surface area (Å²) < 4.78 is 25.8. The van der Waals surface area contributed by atoms with Crippen LogP contribution in [-0.4, -0.2) is 89.9 Å². The Balaban J connectivity index is 1.58. The number of hydrogen-bond donors (Lipinski definition) is 1. The Bertz CT molecular complexity index is 1790. The first-order valence-electron chi connectivity index (χ1n) is 15.7. The number of anilines is 5. The summed E-state index contributed by atoms with van der Waals surface area (Å²) in [4.78, 5) is 44.7. The van der Waals surface area contributed by atoms with Crippen LogP contribution in [0, 0.1) is 22.0 Å². The fraction of sp³-hybridized carbons (Fsp3) is 0.471. The van der Waals surface area contributed by atoms with Crippen LogP contribution < -0.4 is 19.9 Å². The SMILES string of the molecule is CC#Cc1ccc2c(n1)C(C)(C)CN2c1nc(Nc2cc([N+](=O)[O-])c(N3C[C@@H](F)C[C@@H]3CN(C)C)cc2OC)ncc1C(=O)OC(C)C. The van der Waals surface area contributed by atoms with Crippen LogP contribution in [0.1, 0.15) is 62.8 Å². The van der Waals surface area contributed by atoms with Crippen molar-refractivity contribution in [2.24, 2.45) is 0 Å². The van der Waals surface area contributed by atoms with Gasteiger partial charge in [-0.2, -0.15) is 4.98 Å². The highest BCUT2D eigenvalue weighted by Crippen LogP contribution is 2.45. The molecule has 2 aromatic heterocycles. The number of rotatable bonds is 10. The minimum absolute atomic E-state index is 0.0325. The Labute approximate surface area is 279 Å². The highest BCUT2D eigenvalue weighted by molar-refractivity contribution is 5.96. The molecule has 48 heavy (non-hydrogen) atoms. The van der Waals surface area contributed by atoms with Crippen molar-refractivity contribution in [3.8, 4) is 17.6 Å². The smallest absolute Gasteiger partial charge is 0.343 e. The maximum atomic E-state index is 14.6. The van der Waals surface area contributed by atoms with Gasteiger partial charge in [0.15, 0.2) is 5.82 Å². The number of ether oxygens (including phenoxy) is 2. The minimum atomic E-state index is -1.12. The van der Waals surface area contributed by atoms with Gasteiger partial charge < -0.3 is 29.5 Å². The van der Waals surface area contributed by atoms with E-state index in [1.165, 1.54) is 25.4 Å². The highest BCUT2D eigenvalue weighted by Gasteiger charge is 2.40. The summed E-state index contributed by atoms with van der Waals surface area (Å²) in [6, 6.07) is 6.34. The van der Waals surface area contributed by atoms with Crippen LogP contribution in [-0.2, 0) is 10.2 Å². The monoisotopic (exact) mass is 660 g/mol. The van der Waals surface area contributed by atoms with E-state index in [1.807, 2.05) is 36.0 Å². The predicted molar refractivity (Wildman–Crippen MR) is 182 cm³/mol. The van der Waals surface area contributed by atoms with Crippen LogP contribution in [0.4, 0.5) is 38.9 Å². The minimum Gasteiger partial charge on any atom is -0.494 e. The molecule has 0 bridgehead atoms. The van der Waals surface area contributed by atoms with E-state index in [0.29, 0.717) is 18.8 Å². The number of nitrogens with one attached hydrogen (secondary N) is 1. The number of likely N-dealkylation sites (N-methyl/N-ethyl adjacent to an activating group) is 1. The third-order valence-electron chi connectivity index (χ3n) is 8.19. The number of carbonyl (C=O) groups is 1. The summed E-state index contributed by atoms with van der Waals surface area (Å²) in [5, 5.41) is 15.4. The number of carbonyl (C=O) groups excluding carboxylic acids is 1. The van der Waals surface area contributed by atoms with Gasteiger partial charge in [-0.15, -0.1) is 0 Å². The van der Waals surface area contributed by atoms with Gasteiger partial charge in [0.2, 0.25) is 5.95 Å². The predicted octanol–water partition coefficient (Wildman–Crippen LogP) is 5.38. The lowest BCUT2D eigenvalue weighted by atomic mass is 9.91. The second-order valence-corrected chi connectivity index (χ2v) is 13.1. The maximum Gasteiger partial charge on any atom is 0.343 e. The molecule has 0 spiro atoms. The van der Waals surface area contributed by atoms with Gasteiger partial charge in [0.1, 0.15) is 28.9 Å². The Morgan fingerprint density at radius 1 is 1.25 bits per heavy atom. The zero-order valence-electron chi connectivity index (χ0n) is 28.5. The molecule has 1 fully saturated rings. The Kier molecular flexibility index (Phi) is 9.72. The molecule has 254 valence electrons. The average molecular weight is 661 g/mol. The van der Waals surface area contributed by atoms with Crippen molar-refractivity contribution < 1.29 is 23.6 Å². The van der Waals surface area contributed by atoms with E-state index in [0.717, 1.165) is 11.4 Å². The summed E-state index contributed by atoms with van der Waals surface area (Å²) >= 11 is 0. The molecule has 0 aliphatic carbocycles. The molecule has 1 aromatic carbocycles. The largest absolute Gasteiger partial charge is 0.494 e. The number of alkyl halides is 1. The van der Waals surface area contributed by atoms with Gasteiger partial charge in [-0.1, -0.05) is 19.8 Å². The van der Waals surface area contributed by atoms with Crippen LogP contribution in [0.2, 0.25) is 0 Å². The van der Waals surface area contributed by atoms with Crippen molar-refractivity contribution in [2.75, 3.05) is 56.0 Å². The lowest BCUT2D eigenvalue weighted by molar-refractivity contribution is -0.384. The van der Waals surface area contributed by atoms with Gasteiger partial charge in [-0.3, -0.25) is 10.1 Å². The van der Waals surface area contributed by atoms with E-state index in [1.54, 1.807) is 25.7 Å². The number of nitrogens with zero attached hydrogens (tertiary/aromatic N) is 7. The lowest BCUT2D eigenvalue weighted by Gasteiger charge is -2.29. The summed E-state index contributed by atoms with van der Waals surface area (Å²) in [6.45, 7) is 10.4. The molecule has 0 radical (unpaired) electrons. The number of fused-ring (bicyclic) bond motifs is 1. The molecule has 2 atom stereocenters. The van der Waals surface area contributed by atoms with E-state index in [4.69, 9.17) is 19.4 Å². The lowest BCUT2D eigenvalue weighted by Crippen LogP contribution is -2.37. The van der Waals surface area contributed by atoms with E-state index in [9.17, 15) is 19.3 Å². The average Bonchev–Trinajstić information content (AvgIpc) is 3.51. The number of nitro benzene ring substituents is 1. The topological polar surface area (TPSA) is 139 Å². The van der Waals surface area contributed by atoms with E-state index in [-0.39, 0.29) is 65.3 Å². The van der Waals surface area contributed by atoms with Crippen molar-refractivity contribution in [1.29, 1.82) is 0 Å². The third-order valence-corrected chi connectivity index (χ3v) is 8.19. The molecule has 2 aliphatic rings. The van der Waals surface area contributed by atoms with E-state index >= 15 is 0 Å². The Hall–Kier alpha value is -5.03. The quantitative estimate of drug-likeness (QED) is 0.129. The molecule has 5 rings (SSSR count). The number of pyridine rings is 1. The normalized spacial score (nSPS) is 18.1. The van der Waals surface area contributed by atoms with Crippen molar-refractivity contribution in [3.05, 3.63) is 57.5 Å². The van der Waals surface area contributed by atoms with Crippen LogP contribution in [0.25, 0.3) is 0 Å². The van der Waals surface area contributed by atoms with Crippen LogP contribution in [0.3, 0.4) is 0 Å². The molecule has 0 amide bonds.